The molecule has 2 amide bonds. The zero-order chi connectivity index (χ0) is 20.7. The van der Waals surface area contributed by atoms with E-state index in [1.807, 2.05) is 51.1 Å². The van der Waals surface area contributed by atoms with Gasteiger partial charge in [-0.1, -0.05) is 61.9 Å². The Morgan fingerprint density at radius 1 is 1.00 bits per heavy atom. The van der Waals surface area contributed by atoms with Crippen molar-refractivity contribution in [2.45, 2.75) is 40.3 Å². The highest BCUT2D eigenvalue weighted by atomic mass is 16.2. The van der Waals surface area contributed by atoms with E-state index in [-0.39, 0.29) is 30.1 Å². The molecule has 0 radical (unpaired) electrons. The van der Waals surface area contributed by atoms with Gasteiger partial charge in [0.05, 0.1) is 6.54 Å². The van der Waals surface area contributed by atoms with Gasteiger partial charge in [-0.2, -0.15) is 0 Å². The van der Waals surface area contributed by atoms with Gasteiger partial charge in [0.1, 0.15) is 11.8 Å². The van der Waals surface area contributed by atoms with E-state index in [2.05, 4.69) is 5.32 Å². The fourth-order valence-corrected chi connectivity index (χ4v) is 3.04. The molecule has 0 bridgehead atoms. The molecule has 5 nitrogen and oxygen atoms in total. The first kappa shape index (κ1) is 21.4. The molecule has 0 fully saturated rings. The second-order valence-corrected chi connectivity index (χ2v) is 7.45. The number of hydrogen-bond donors (Lipinski definition) is 1. The van der Waals surface area contributed by atoms with Gasteiger partial charge in [0.25, 0.3) is 5.91 Å². The first-order chi connectivity index (χ1) is 13.3. The van der Waals surface area contributed by atoms with Gasteiger partial charge in [-0.05, 0) is 37.5 Å². The van der Waals surface area contributed by atoms with Gasteiger partial charge in [0.15, 0.2) is 0 Å². The fraction of sp³-hybridized carbons (Fsp3) is 0.348. The highest BCUT2D eigenvalue weighted by Crippen LogP contribution is 2.13. The van der Waals surface area contributed by atoms with Crippen molar-refractivity contribution in [3.63, 3.8) is 0 Å². The summed E-state index contributed by atoms with van der Waals surface area (Å²) in [5.41, 5.74) is 2.54. The topological polar surface area (TPSA) is 66.5 Å². The molecule has 148 valence electrons. The van der Waals surface area contributed by atoms with Gasteiger partial charge in [-0.15, -0.1) is 0 Å². The number of nitrogens with zero attached hydrogens (tertiary/aromatic N) is 1. The van der Waals surface area contributed by atoms with E-state index in [0.29, 0.717) is 12.1 Å². The molecule has 0 saturated heterocycles. The summed E-state index contributed by atoms with van der Waals surface area (Å²) in [4.78, 5) is 39.1. The Labute approximate surface area is 166 Å². The van der Waals surface area contributed by atoms with E-state index in [1.165, 1.54) is 11.8 Å². The first-order valence-corrected chi connectivity index (χ1v) is 9.47. The van der Waals surface area contributed by atoms with Crippen molar-refractivity contribution in [1.29, 1.82) is 0 Å². The van der Waals surface area contributed by atoms with Crippen molar-refractivity contribution < 1.29 is 14.4 Å². The van der Waals surface area contributed by atoms with Crippen LogP contribution >= 0.6 is 0 Å². The van der Waals surface area contributed by atoms with Crippen LogP contribution < -0.4 is 5.32 Å². The van der Waals surface area contributed by atoms with E-state index in [0.717, 1.165) is 11.1 Å². The molecule has 2 aromatic rings. The average molecular weight is 380 g/mol. The third kappa shape index (κ3) is 6.05. The Morgan fingerprint density at radius 2 is 1.68 bits per heavy atom. The Bertz CT molecular complexity index is 831. The van der Waals surface area contributed by atoms with E-state index >= 15 is 0 Å². The maximum atomic E-state index is 13.2. The lowest BCUT2D eigenvalue weighted by Crippen LogP contribution is -2.52. The monoisotopic (exact) mass is 380 g/mol. The molecule has 0 aliphatic carbocycles. The Balaban J connectivity index is 2.22. The maximum absolute atomic E-state index is 13.2. The summed E-state index contributed by atoms with van der Waals surface area (Å²) in [7, 11) is 0. The van der Waals surface area contributed by atoms with E-state index < -0.39 is 6.04 Å². The number of amides is 2. The zero-order valence-corrected chi connectivity index (χ0v) is 16.9. The normalized spacial score (nSPS) is 11.8. The zero-order valence-electron chi connectivity index (χ0n) is 16.9. The lowest BCUT2D eigenvalue weighted by atomic mass is 10.0. The van der Waals surface area contributed by atoms with Crippen LogP contribution in [0.3, 0.4) is 0 Å². The molecule has 1 unspecified atom stereocenters. The van der Waals surface area contributed by atoms with Crippen LogP contribution in [0.5, 0.6) is 0 Å². The van der Waals surface area contributed by atoms with Crippen molar-refractivity contribution in [2.75, 3.05) is 6.54 Å². The minimum absolute atomic E-state index is 0.0111. The molecule has 0 aliphatic rings. The number of carbonyl (C=O) groups is 3. The third-order valence-electron chi connectivity index (χ3n) is 4.44. The molecule has 2 aromatic carbocycles. The summed E-state index contributed by atoms with van der Waals surface area (Å²) >= 11 is 0. The number of benzene rings is 2. The molecule has 5 heteroatoms. The molecule has 0 aromatic heterocycles. The molecule has 2 rings (SSSR count). The van der Waals surface area contributed by atoms with Crippen molar-refractivity contribution in [2.24, 2.45) is 5.92 Å². The number of carbonyl (C=O) groups excluding carboxylic acids is 3. The maximum Gasteiger partial charge on any atom is 0.251 e. The highest BCUT2D eigenvalue weighted by molar-refractivity contribution is 5.98. The van der Waals surface area contributed by atoms with Gasteiger partial charge in [0, 0.05) is 12.1 Å². The molecular weight excluding hydrogens is 352 g/mol. The second kappa shape index (κ2) is 9.83. The number of rotatable bonds is 8. The summed E-state index contributed by atoms with van der Waals surface area (Å²) < 4.78 is 0. The van der Waals surface area contributed by atoms with Gasteiger partial charge >= 0.3 is 0 Å². The summed E-state index contributed by atoms with van der Waals surface area (Å²) in [6.45, 7) is 7.54. The molecule has 0 spiro atoms. The molecule has 0 saturated carbocycles. The summed E-state index contributed by atoms with van der Waals surface area (Å²) in [5.74, 6) is -0.771. The second-order valence-electron chi connectivity index (χ2n) is 7.45. The number of Topliss-reactive ketones (excluding diaryl/α,β-unsaturated/α-hetero) is 1. The average Bonchev–Trinajstić information content (AvgIpc) is 2.65. The minimum Gasteiger partial charge on any atom is -0.340 e. The Hall–Kier alpha value is -2.95. The highest BCUT2D eigenvalue weighted by Gasteiger charge is 2.29. The van der Waals surface area contributed by atoms with Crippen LogP contribution in [0, 0.1) is 12.8 Å². The summed E-state index contributed by atoms with van der Waals surface area (Å²) in [6, 6.07) is 15.9. The van der Waals surface area contributed by atoms with Crippen LogP contribution in [0.4, 0.5) is 0 Å². The lowest BCUT2D eigenvalue weighted by Gasteiger charge is -2.29. The van der Waals surface area contributed by atoms with Gasteiger partial charge < -0.3 is 10.2 Å². The number of aryl methyl sites for hydroxylation is 1. The van der Waals surface area contributed by atoms with Crippen molar-refractivity contribution in [1.82, 2.24) is 10.2 Å². The Morgan fingerprint density at radius 3 is 2.25 bits per heavy atom. The molecule has 0 aliphatic heterocycles. The van der Waals surface area contributed by atoms with Crippen LogP contribution in [-0.4, -0.2) is 35.1 Å². The third-order valence-corrected chi connectivity index (χ3v) is 4.44. The molecule has 0 heterocycles. The molecular formula is C23H28N2O3. The number of ketones is 1. The summed E-state index contributed by atoms with van der Waals surface area (Å²) in [5, 5.41) is 2.84. The predicted octanol–water partition coefficient (Wildman–Crippen LogP) is 3.37. The van der Waals surface area contributed by atoms with Crippen LogP contribution in [0.2, 0.25) is 0 Å². The van der Waals surface area contributed by atoms with E-state index in [1.54, 1.807) is 24.3 Å². The van der Waals surface area contributed by atoms with Crippen LogP contribution in [0.25, 0.3) is 0 Å². The van der Waals surface area contributed by atoms with Crippen LogP contribution in [-0.2, 0) is 16.1 Å². The van der Waals surface area contributed by atoms with E-state index in [4.69, 9.17) is 0 Å². The smallest absolute Gasteiger partial charge is 0.251 e. The van der Waals surface area contributed by atoms with Gasteiger partial charge in [0.2, 0.25) is 5.91 Å². The first-order valence-electron chi connectivity index (χ1n) is 9.47. The molecule has 1 N–H and O–H groups in total. The van der Waals surface area contributed by atoms with E-state index in [9.17, 15) is 14.4 Å². The molecule has 1 atom stereocenters. The number of nitrogens with one attached hydrogen (secondary N) is 1. The fourth-order valence-electron chi connectivity index (χ4n) is 3.04. The van der Waals surface area contributed by atoms with Crippen LogP contribution in [0.15, 0.2) is 54.6 Å². The summed E-state index contributed by atoms with van der Waals surface area (Å²) in [6.07, 6.45) is 0. The number of hydrogen-bond acceptors (Lipinski definition) is 3. The van der Waals surface area contributed by atoms with Crippen molar-refractivity contribution in [3.8, 4) is 0 Å². The quantitative estimate of drug-likeness (QED) is 0.764. The lowest BCUT2D eigenvalue weighted by molar-refractivity contribution is -0.138. The Kier molecular flexibility index (Phi) is 7.50. The SMILES string of the molecule is CC(=O)CN(Cc1cccc(C)c1)C(=O)C(NC(=O)c1ccccc1)C(C)C. The minimum atomic E-state index is -0.711. The largest absolute Gasteiger partial charge is 0.340 e. The molecule has 28 heavy (non-hydrogen) atoms. The van der Waals surface area contributed by atoms with Gasteiger partial charge in [-0.25, -0.2) is 0 Å². The van der Waals surface area contributed by atoms with Crippen molar-refractivity contribution >= 4 is 17.6 Å². The predicted molar refractivity (Wildman–Crippen MR) is 110 cm³/mol. The van der Waals surface area contributed by atoms with Crippen molar-refractivity contribution in [3.05, 3.63) is 71.3 Å². The standard InChI is InChI=1S/C23H28N2O3/c1-16(2)21(24-22(27)20-11-6-5-7-12-20)23(28)25(14-18(4)26)15-19-10-8-9-17(3)13-19/h5-13,16,21H,14-15H2,1-4H3,(H,24,27). The van der Waals surface area contributed by atoms with Gasteiger partial charge in [-0.3, -0.25) is 14.4 Å². The van der Waals surface area contributed by atoms with Crippen LogP contribution in [0.1, 0.15) is 42.3 Å².